The van der Waals surface area contributed by atoms with Crippen LogP contribution in [0.3, 0.4) is 0 Å². The van der Waals surface area contributed by atoms with E-state index in [0.29, 0.717) is 18.9 Å². The SMILES string of the molecule is C1=C(c2ccc3c(c2)OCO3)N2C(=N[C@@H]3CCCC[C@H]32)S1. The van der Waals surface area contributed by atoms with Gasteiger partial charge in [-0.2, -0.15) is 0 Å². The molecule has 0 saturated heterocycles. The lowest BCUT2D eigenvalue weighted by molar-refractivity contribution is 0.174. The first kappa shape index (κ1) is 12.0. The largest absolute Gasteiger partial charge is 0.454 e. The highest BCUT2D eigenvalue weighted by atomic mass is 32.2. The van der Waals surface area contributed by atoms with Crippen LogP contribution in [0.2, 0.25) is 0 Å². The van der Waals surface area contributed by atoms with Crippen LogP contribution in [0.25, 0.3) is 5.70 Å². The lowest BCUT2D eigenvalue weighted by atomic mass is 9.90. The average Bonchev–Trinajstić information content (AvgIpc) is 3.20. The minimum atomic E-state index is 0.327. The highest BCUT2D eigenvalue weighted by Gasteiger charge is 2.42. The Hall–Kier alpha value is -1.62. The summed E-state index contributed by atoms with van der Waals surface area (Å²) in [4.78, 5) is 7.37. The molecule has 1 aliphatic carbocycles. The van der Waals surface area contributed by atoms with Crippen LogP contribution < -0.4 is 9.47 Å². The molecular formula is C16H16N2O2S. The van der Waals surface area contributed by atoms with Gasteiger partial charge in [-0.25, -0.2) is 0 Å². The Kier molecular flexibility index (Phi) is 2.53. The van der Waals surface area contributed by atoms with Gasteiger partial charge in [0.2, 0.25) is 6.79 Å². The van der Waals surface area contributed by atoms with Gasteiger partial charge in [0.05, 0.1) is 17.8 Å². The number of fused-ring (bicyclic) bond motifs is 4. The van der Waals surface area contributed by atoms with Gasteiger partial charge >= 0.3 is 0 Å². The van der Waals surface area contributed by atoms with Crippen molar-refractivity contribution in [3.8, 4) is 11.5 Å². The standard InChI is InChI=1S/C16H16N2O2S/c1-2-4-12-11(3-1)17-16-18(12)13(8-21-16)10-5-6-14-15(7-10)20-9-19-14/h5-8,11-12H,1-4,9H2/t11-,12-/m1/s1. The van der Waals surface area contributed by atoms with Crippen molar-refractivity contribution in [2.45, 2.75) is 37.8 Å². The second-order valence-corrected chi connectivity index (χ2v) is 6.73. The summed E-state index contributed by atoms with van der Waals surface area (Å²) in [6.45, 7) is 0.327. The molecule has 5 rings (SSSR count). The zero-order valence-electron chi connectivity index (χ0n) is 11.6. The van der Waals surface area contributed by atoms with E-state index in [0.717, 1.165) is 11.5 Å². The van der Waals surface area contributed by atoms with Gasteiger partial charge in [0.15, 0.2) is 16.7 Å². The molecule has 0 spiro atoms. The number of benzene rings is 1. The van der Waals surface area contributed by atoms with Gasteiger partial charge in [0.25, 0.3) is 0 Å². The van der Waals surface area contributed by atoms with Crippen LogP contribution in [0.1, 0.15) is 31.2 Å². The van der Waals surface area contributed by atoms with Crippen LogP contribution in [-0.4, -0.2) is 28.9 Å². The van der Waals surface area contributed by atoms with E-state index in [1.807, 2.05) is 6.07 Å². The first-order chi connectivity index (χ1) is 10.4. The van der Waals surface area contributed by atoms with Crippen LogP contribution in [0.4, 0.5) is 0 Å². The Bertz CT molecular complexity index is 670. The van der Waals surface area contributed by atoms with Gasteiger partial charge in [-0.05, 0) is 31.0 Å². The van der Waals surface area contributed by atoms with E-state index in [1.54, 1.807) is 11.8 Å². The topological polar surface area (TPSA) is 34.1 Å². The predicted molar refractivity (Wildman–Crippen MR) is 83.5 cm³/mol. The fourth-order valence-corrected chi connectivity index (χ4v) is 4.70. The fraction of sp³-hybridized carbons (Fsp3) is 0.438. The van der Waals surface area contributed by atoms with Gasteiger partial charge in [-0.15, -0.1) is 0 Å². The Labute approximate surface area is 127 Å². The Morgan fingerprint density at radius 3 is 3.05 bits per heavy atom. The van der Waals surface area contributed by atoms with Crippen molar-refractivity contribution in [3.05, 3.63) is 29.2 Å². The molecule has 3 aliphatic heterocycles. The van der Waals surface area contributed by atoms with Crippen molar-refractivity contribution >= 4 is 22.6 Å². The Morgan fingerprint density at radius 1 is 1.14 bits per heavy atom. The van der Waals surface area contributed by atoms with Crippen molar-refractivity contribution in [2.24, 2.45) is 4.99 Å². The lowest BCUT2D eigenvalue weighted by Crippen LogP contribution is -2.38. The zero-order valence-corrected chi connectivity index (χ0v) is 12.4. The van der Waals surface area contributed by atoms with Gasteiger partial charge in [0.1, 0.15) is 0 Å². The number of hydrogen-bond acceptors (Lipinski definition) is 5. The predicted octanol–water partition coefficient (Wildman–Crippen LogP) is 3.44. The van der Waals surface area contributed by atoms with Crippen molar-refractivity contribution in [1.82, 2.24) is 4.90 Å². The maximum atomic E-state index is 5.51. The molecule has 1 aromatic carbocycles. The summed E-state index contributed by atoms with van der Waals surface area (Å²) in [5.74, 6) is 1.69. The average molecular weight is 300 g/mol. The normalized spacial score (nSPS) is 29.0. The van der Waals surface area contributed by atoms with Crippen molar-refractivity contribution < 1.29 is 9.47 Å². The molecule has 0 aromatic heterocycles. The summed E-state index contributed by atoms with van der Waals surface area (Å²) >= 11 is 1.76. The van der Waals surface area contributed by atoms with Crippen molar-refractivity contribution in [2.75, 3.05) is 6.79 Å². The van der Waals surface area contributed by atoms with Crippen molar-refractivity contribution in [3.63, 3.8) is 0 Å². The molecule has 1 fully saturated rings. The van der Waals surface area contributed by atoms with Gasteiger partial charge in [0, 0.05) is 11.0 Å². The van der Waals surface area contributed by atoms with Gasteiger partial charge in [-0.1, -0.05) is 24.6 Å². The highest BCUT2D eigenvalue weighted by Crippen LogP contribution is 2.45. The van der Waals surface area contributed by atoms with Crippen LogP contribution in [-0.2, 0) is 0 Å². The number of hydrogen-bond donors (Lipinski definition) is 0. The van der Waals surface area contributed by atoms with Gasteiger partial charge in [-0.3, -0.25) is 4.99 Å². The molecule has 108 valence electrons. The molecule has 0 radical (unpaired) electrons. The highest BCUT2D eigenvalue weighted by molar-refractivity contribution is 8.16. The molecule has 5 heteroatoms. The minimum Gasteiger partial charge on any atom is -0.454 e. The maximum absolute atomic E-state index is 5.51. The summed E-state index contributed by atoms with van der Waals surface area (Å²) in [7, 11) is 0. The maximum Gasteiger partial charge on any atom is 0.231 e. The van der Waals surface area contributed by atoms with E-state index in [1.165, 1.54) is 42.1 Å². The molecule has 2 atom stereocenters. The van der Waals surface area contributed by atoms with E-state index < -0.39 is 0 Å². The van der Waals surface area contributed by atoms with E-state index in [-0.39, 0.29) is 0 Å². The number of ether oxygens (including phenoxy) is 2. The zero-order chi connectivity index (χ0) is 13.8. The Morgan fingerprint density at radius 2 is 2.05 bits per heavy atom. The summed E-state index contributed by atoms with van der Waals surface area (Å²) in [6, 6.07) is 7.28. The molecule has 4 aliphatic rings. The quantitative estimate of drug-likeness (QED) is 0.795. The molecule has 0 bridgehead atoms. The summed E-state index contributed by atoms with van der Waals surface area (Å²) in [6.07, 6.45) is 5.12. The number of thioether (sulfide) groups is 1. The minimum absolute atomic E-state index is 0.327. The lowest BCUT2D eigenvalue weighted by Gasteiger charge is -2.32. The molecule has 1 aromatic rings. The van der Waals surface area contributed by atoms with E-state index in [9.17, 15) is 0 Å². The van der Waals surface area contributed by atoms with Crippen molar-refractivity contribution in [1.29, 1.82) is 0 Å². The smallest absolute Gasteiger partial charge is 0.231 e. The molecule has 0 N–H and O–H groups in total. The van der Waals surface area contributed by atoms with E-state index >= 15 is 0 Å². The summed E-state index contributed by atoms with van der Waals surface area (Å²) < 4.78 is 10.9. The number of nitrogens with zero attached hydrogens (tertiary/aromatic N) is 2. The van der Waals surface area contributed by atoms with E-state index in [2.05, 4.69) is 22.4 Å². The van der Waals surface area contributed by atoms with Crippen LogP contribution in [0.15, 0.2) is 28.6 Å². The summed E-state index contributed by atoms with van der Waals surface area (Å²) in [5.41, 5.74) is 2.47. The first-order valence-corrected chi connectivity index (χ1v) is 8.42. The summed E-state index contributed by atoms with van der Waals surface area (Å²) in [5, 5.41) is 3.40. The van der Waals surface area contributed by atoms with Crippen LogP contribution in [0, 0.1) is 0 Å². The molecule has 3 heterocycles. The second-order valence-electron chi connectivity index (χ2n) is 5.89. The molecule has 4 nitrogen and oxygen atoms in total. The number of amidine groups is 1. The van der Waals surface area contributed by atoms with Gasteiger partial charge < -0.3 is 14.4 Å². The van der Waals surface area contributed by atoms with Crippen LogP contribution >= 0.6 is 11.8 Å². The Balaban J connectivity index is 1.51. The third-order valence-electron chi connectivity index (χ3n) is 4.71. The van der Waals surface area contributed by atoms with Crippen LogP contribution in [0.5, 0.6) is 11.5 Å². The second kappa shape index (κ2) is 4.44. The fourth-order valence-electron chi connectivity index (χ4n) is 3.69. The molecular weight excluding hydrogens is 284 g/mol. The molecule has 0 amide bonds. The third-order valence-corrected chi connectivity index (χ3v) is 5.57. The monoisotopic (exact) mass is 300 g/mol. The first-order valence-electron chi connectivity index (χ1n) is 7.54. The molecule has 21 heavy (non-hydrogen) atoms. The number of rotatable bonds is 1. The third kappa shape index (κ3) is 1.73. The molecule has 1 saturated carbocycles. The number of aliphatic imine (C=N–C) groups is 1. The molecule has 0 unspecified atom stereocenters. The van der Waals surface area contributed by atoms with E-state index in [4.69, 9.17) is 14.5 Å².